The van der Waals surface area contributed by atoms with Gasteiger partial charge >= 0.3 is 0 Å². The quantitative estimate of drug-likeness (QED) is 0.300. The van der Waals surface area contributed by atoms with E-state index in [-0.39, 0.29) is 23.9 Å². The monoisotopic (exact) mass is 485 g/mol. The van der Waals surface area contributed by atoms with E-state index in [9.17, 15) is 4.79 Å². The van der Waals surface area contributed by atoms with Gasteiger partial charge in [0.15, 0.2) is 5.69 Å². The molecule has 33 heavy (non-hydrogen) atoms. The fraction of sp³-hybridized carbons (Fsp3) is 0.100. The summed E-state index contributed by atoms with van der Waals surface area (Å²) in [5.74, 6) is -0.488. The molecule has 0 unspecified atom stereocenters. The van der Waals surface area contributed by atoms with Crippen molar-refractivity contribution < 1.29 is 9.42 Å². The van der Waals surface area contributed by atoms with Gasteiger partial charge in [-0.25, -0.2) is 10.1 Å². The highest BCUT2D eigenvalue weighted by molar-refractivity contribution is 6.38. The lowest BCUT2D eigenvalue weighted by molar-refractivity contribution is 0.0949. The Bertz CT molecular complexity index is 1280. The van der Waals surface area contributed by atoms with Crippen LogP contribution in [0.3, 0.4) is 0 Å². The Kier molecular flexibility index (Phi) is 6.52. The molecule has 0 aliphatic rings. The van der Waals surface area contributed by atoms with Crippen molar-refractivity contribution in [1.29, 1.82) is 0 Å². The minimum Gasteiger partial charge on any atom is -0.378 e. The Morgan fingerprint density at radius 3 is 2.58 bits per heavy atom. The number of benzene rings is 2. The van der Waals surface area contributed by atoms with Crippen molar-refractivity contribution in [3.8, 4) is 5.82 Å². The van der Waals surface area contributed by atoms with Gasteiger partial charge in [-0.1, -0.05) is 52.7 Å². The van der Waals surface area contributed by atoms with Gasteiger partial charge in [-0.05, 0) is 34.6 Å². The number of amides is 1. The van der Waals surface area contributed by atoms with Crippen LogP contribution in [-0.4, -0.2) is 44.5 Å². The highest BCUT2D eigenvalue weighted by Crippen LogP contribution is 2.22. The molecular weight excluding hydrogens is 469 g/mol. The van der Waals surface area contributed by atoms with Crippen LogP contribution in [-0.2, 0) is 6.54 Å². The molecule has 0 fully saturated rings. The van der Waals surface area contributed by atoms with Crippen LogP contribution in [0.1, 0.15) is 21.7 Å². The fourth-order valence-electron chi connectivity index (χ4n) is 2.97. The highest BCUT2D eigenvalue weighted by atomic mass is 35.5. The summed E-state index contributed by atoms with van der Waals surface area (Å²) in [5.41, 5.74) is 10.0. The zero-order valence-corrected chi connectivity index (χ0v) is 18.7. The molecule has 4 rings (SSSR count). The van der Waals surface area contributed by atoms with E-state index in [0.29, 0.717) is 21.3 Å². The molecule has 0 aliphatic carbocycles. The van der Waals surface area contributed by atoms with Crippen LogP contribution in [0.4, 0.5) is 11.5 Å². The Balaban J connectivity index is 1.63. The number of hydrogen-bond acceptors (Lipinski definition) is 9. The van der Waals surface area contributed by atoms with Gasteiger partial charge in [0.2, 0.25) is 11.6 Å². The number of carbonyl (C=O) groups is 1. The second kappa shape index (κ2) is 9.67. The molecule has 11 nitrogen and oxygen atoms in total. The van der Waals surface area contributed by atoms with Gasteiger partial charge in [0, 0.05) is 18.3 Å². The third-order valence-corrected chi connectivity index (χ3v) is 5.28. The van der Waals surface area contributed by atoms with E-state index < -0.39 is 5.91 Å². The van der Waals surface area contributed by atoms with Gasteiger partial charge in [0.25, 0.3) is 5.91 Å². The number of hydrazone groups is 1. The number of aromatic nitrogens is 5. The van der Waals surface area contributed by atoms with E-state index in [2.05, 4.69) is 35.8 Å². The third-order valence-electron chi connectivity index (χ3n) is 4.62. The lowest BCUT2D eigenvalue weighted by Gasteiger charge is -2.19. The van der Waals surface area contributed by atoms with Crippen LogP contribution in [0, 0.1) is 0 Å². The molecular formula is C20H17Cl2N9O2. The number of nitrogens with one attached hydrogen (secondary N) is 1. The largest absolute Gasteiger partial charge is 0.378 e. The average molecular weight is 486 g/mol. The molecule has 2 aromatic heterocycles. The first kappa shape index (κ1) is 22.2. The van der Waals surface area contributed by atoms with Gasteiger partial charge < -0.3 is 10.6 Å². The molecule has 2 aromatic carbocycles. The summed E-state index contributed by atoms with van der Waals surface area (Å²) in [7, 11) is 1.86. The SMILES string of the molecule is CN(Cc1c(C(=O)NN=Cc2c(Cl)cccc2Cl)nnn1-c1nonc1N)c1ccccc1. The zero-order valence-electron chi connectivity index (χ0n) is 17.2. The van der Waals surface area contributed by atoms with E-state index in [4.69, 9.17) is 28.9 Å². The summed E-state index contributed by atoms with van der Waals surface area (Å²) in [6, 6.07) is 14.6. The van der Waals surface area contributed by atoms with E-state index in [1.807, 2.05) is 42.3 Å². The summed E-state index contributed by atoms with van der Waals surface area (Å²) in [6.45, 7) is 0.242. The van der Waals surface area contributed by atoms with E-state index in [0.717, 1.165) is 5.69 Å². The van der Waals surface area contributed by atoms with Crippen molar-refractivity contribution in [3.63, 3.8) is 0 Å². The summed E-state index contributed by atoms with van der Waals surface area (Å²) >= 11 is 12.2. The van der Waals surface area contributed by atoms with Gasteiger partial charge in [0.05, 0.1) is 28.5 Å². The van der Waals surface area contributed by atoms with Crippen molar-refractivity contribution in [3.05, 3.63) is 75.5 Å². The number of rotatable bonds is 7. The summed E-state index contributed by atoms with van der Waals surface area (Å²) in [5, 5.41) is 20.1. The van der Waals surface area contributed by atoms with E-state index >= 15 is 0 Å². The molecule has 0 aliphatic heterocycles. The molecule has 168 valence electrons. The number of nitrogens with zero attached hydrogens (tertiary/aromatic N) is 7. The first-order chi connectivity index (χ1) is 16.0. The Labute approximate surface area is 197 Å². The van der Waals surface area contributed by atoms with Crippen molar-refractivity contribution in [2.24, 2.45) is 5.10 Å². The van der Waals surface area contributed by atoms with Crippen LogP contribution in [0.25, 0.3) is 5.82 Å². The average Bonchev–Trinajstić information content (AvgIpc) is 3.42. The minimum atomic E-state index is -0.604. The lowest BCUT2D eigenvalue weighted by Crippen LogP contribution is -2.24. The molecule has 4 aromatic rings. The van der Waals surface area contributed by atoms with Gasteiger partial charge in [-0.2, -0.15) is 9.78 Å². The number of carbonyl (C=O) groups excluding carboxylic acids is 1. The first-order valence-electron chi connectivity index (χ1n) is 9.52. The minimum absolute atomic E-state index is 0.00172. The molecule has 0 atom stereocenters. The molecule has 0 radical (unpaired) electrons. The van der Waals surface area contributed by atoms with Crippen LogP contribution in [0.2, 0.25) is 10.0 Å². The Hall–Kier alpha value is -3.96. The topological polar surface area (TPSA) is 140 Å². The van der Waals surface area contributed by atoms with Gasteiger partial charge in [-0.15, -0.1) is 5.10 Å². The normalized spacial score (nSPS) is 11.1. The van der Waals surface area contributed by atoms with E-state index in [1.54, 1.807) is 18.2 Å². The predicted octanol–water partition coefficient (Wildman–Crippen LogP) is 2.94. The summed E-state index contributed by atoms with van der Waals surface area (Å²) in [6.07, 6.45) is 1.35. The van der Waals surface area contributed by atoms with Crippen LogP contribution < -0.4 is 16.1 Å². The number of nitrogens with two attached hydrogens (primary N) is 1. The van der Waals surface area contributed by atoms with Crippen molar-refractivity contribution >= 4 is 46.8 Å². The summed E-state index contributed by atoms with van der Waals surface area (Å²) < 4.78 is 5.97. The lowest BCUT2D eigenvalue weighted by atomic mass is 10.2. The maximum Gasteiger partial charge on any atom is 0.293 e. The van der Waals surface area contributed by atoms with E-state index in [1.165, 1.54) is 10.9 Å². The number of hydrogen-bond donors (Lipinski definition) is 2. The number of nitrogen functional groups attached to an aromatic ring is 1. The number of para-hydroxylation sites is 1. The van der Waals surface area contributed by atoms with Crippen molar-refractivity contribution in [1.82, 2.24) is 30.7 Å². The molecule has 0 spiro atoms. The van der Waals surface area contributed by atoms with Gasteiger partial charge in [-0.3, -0.25) is 4.79 Å². The van der Waals surface area contributed by atoms with Crippen LogP contribution >= 0.6 is 23.2 Å². The number of anilines is 2. The molecule has 3 N–H and O–H groups in total. The molecule has 2 heterocycles. The van der Waals surface area contributed by atoms with Crippen molar-refractivity contribution in [2.45, 2.75) is 6.54 Å². The van der Waals surface area contributed by atoms with Crippen molar-refractivity contribution in [2.75, 3.05) is 17.7 Å². The summed E-state index contributed by atoms with van der Waals surface area (Å²) in [4.78, 5) is 14.8. The second-order valence-electron chi connectivity index (χ2n) is 6.80. The maximum atomic E-state index is 12.9. The number of halogens is 2. The highest BCUT2D eigenvalue weighted by Gasteiger charge is 2.25. The second-order valence-corrected chi connectivity index (χ2v) is 7.61. The Morgan fingerprint density at radius 2 is 1.91 bits per heavy atom. The Morgan fingerprint density at radius 1 is 1.18 bits per heavy atom. The standard InChI is InChI=1S/C20H17Cl2N9O2/c1-30(12-6-3-2-4-7-12)11-16-17(25-29-31(16)19-18(23)27-33-28-19)20(32)26-24-10-13-14(21)8-5-9-15(13)22/h2-10H,11H2,1H3,(H2,23,27)(H,26,32). The fourth-order valence-corrected chi connectivity index (χ4v) is 3.46. The molecule has 0 saturated carbocycles. The molecule has 13 heteroatoms. The third kappa shape index (κ3) is 4.78. The van der Waals surface area contributed by atoms with Crippen LogP contribution in [0.15, 0.2) is 58.3 Å². The smallest absolute Gasteiger partial charge is 0.293 e. The molecule has 0 bridgehead atoms. The predicted molar refractivity (Wildman–Crippen MR) is 124 cm³/mol. The first-order valence-corrected chi connectivity index (χ1v) is 10.3. The van der Waals surface area contributed by atoms with Gasteiger partial charge in [0.1, 0.15) is 0 Å². The van der Waals surface area contributed by atoms with Crippen LogP contribution in [0.5, 0.6) is 0 Å². The molecule has 0 saturated heterocycles. The molecule has 1 amide bonds. The zero-order chi connectivity index (χ0) is 23.4. The maximum absolute atomic E-state index is 12.9.